The van der Waals surface area contributed by atoms with E-state index in [0.29, 0.717) is 34.4 Å². The predicted octanol–water partition coefficient (Wildman–Crippen LogP) is 6.35. The van der Waals surface area contributed by atoms with Crippen molar-refractivity contribution in [1.29, 1.82) is 0 Å². The lowest BCUT2D eigenvalue weighted by Gasteiger charge is -2.17. The Labute approximate surface area is 213 Å². The second-order valence-electron chi connectivity index (χ2n) is 8.39. The molecule has 35 heavy (non-hydrogen) atoms. The maximum Gasteiger partial charge on any atom is 0.268 e. The molecule has 0 spiro atoms. The fourth-order valence-electron chi connectivity index (χ4n) is 4.13. The van der Waals surface area contributed by atoms with Crippen LogP contribution in [0.1, 0.15) is 15.2 Å². The monoisotopic (exact) mass is 523 g/mol. The van der Waals surface area contributed by atoms with Crippen molar-refractivity contribution in [3.8, 4) is 27.3 Å². The van der Waals surface area contributed by atoms with E-state index in [1.165, 1.54) is 17.6 Å². The molecule has 0 fully saturated rings. The van der Waals surface area contributed by atoms with Gasteiger partial charge in [0, 0.05) is 30.2 Å². The van der Waals surface area contributed by atoms with Crippen molar-refractivity contribution in [3.05, 3.63) is 88.3 Å². The van der Waals surface area contributed by atoms with Crippen molar-refractivity contribution in [2.75, 3.05) is 24.8 Å². The Morgan fingerprint density at radius 2 is 1.77 bits per heavy atom. The van der Waals surface area contributed by atoms with Gasteiger partial charge in [-0.15, -0.1) is 11.3 Å². The Bertz CT molecular complexity index is 1560. The van der Waals surface area contributed by atoms with E-state index in [0.717, 1.165) is 27.1 Å². The lowest BCUT2D eigenvalue weighted by atomic mass is 10.0. The summed E-state index contributed by atoms with van der Waals surface area (Å²) in [6.45, 7) is 0.484. The van der Waals surface area contributed by atoms with Gasteiger partial charge in [0.2, 0.25) is 0 Å². The molecule has 0 aliphatic carbocycles. The number of carbonyl (C=O) groups excluding carboxylic acids is 1. The zero-order chi connectivity index (χ0) is 24.7. The van der Waals surface area contributed by atoms with Crippen LogP contribution in [0.25, 0.3) is 21.6 Å². The molecule has 5 rings (SSSR count). The molecule has 8 heteroatoms. The van der Waals surface area contributed by atoms with Crippen molar-refractivity contribution < 1.29 is 17.9 Å². The van der Waals surface area contributed by atoms with Crippen LogP contribution in [0.2, 0.25) is 5.02 Å². The minimum Gasteiger partial charge on any atom is -0.493 e. The van der Waals surface area contributed by atoms with Crippen LogP contribution in [0, 0.1) is 0 Å². The van der Waals surface area contributed by atoms with Crippen LogP contribution in [-0.4, -0.2) is 34.2 Å². The Balaban J connectivity index is 1.51. The maximum atomic E-state index is 13.3. The number of nitrogens with zero attached hydrogens (tertiary/aromatic N) is 1. The standard InChI is InChI=1S/C27H22ClNO4S2/c1-29(23-9-4-3-8-22(23)28)27(30)25-16-19-12-13-33-24-15-18(10-11-21(24)26(19)34-25)17-6-5-7-20(14-17)35(2,31)32/h3-11,14-16H,12-13H2,1-2H3. The summed E-state index contributed by atoms with van der Waals surface area (Å²) in [6, 6.07) is 22.0. The first kappa shape index (κ1) is 23.6. The molecule has 5 nitrogen and oxygen atoms in total. The number of sulfone groups is 1. The molecule has 2 heterocycles. The predicted molar refractivity (Wildman–Crippen MR) is 142 cm³/mol. The topological polar surface area (TPSA) is 63.7 Å². The third kappa shape index (κ3) is 4.59. The summed E-state index contributed by atoms with van der Waals surface area (Å²) in [5.74, 6) is 0.596. The fourth-order valence-corrected chi connectivity index (χ4v) is 6.28. The highest BCUT2D eigenvalue weighted by Gasteiger charge is 2.24. The second kappa shape index (κ2) is 9.15. The number of amides is 1. The summed E-state index contributed by atoms with van der Waals surface area (Å²) in [7, 11) is -1.58. The first-order valence-corrected chi connectivity index (χ1v) is 14.0. The number of fused-ring (bicyclic) bond motifs is 3. The summed E-state index contributed by atoms with van der Waals surface area (Å²) < 4.78 is 30.0. The molecule has 1 amide bonds. The van der Waals surface area contributed by atoms with E-state index in [1.807, 2.05) is 48.5 Å². The van der Waals surface area contributed by atoms with E-state index in [1.54, 1.807) is 36.2 Å². The van der Waals surface area contributed by atoms with Gasteiger partial charge in [-0.2, -0.15) is 0 Å². The highest BCUT2D eigenvalue weighted by molar-refractivity contribution is 7.90. The second-order valence-corrected chi connectivity index (χ2v) is 11.9. The van der Waals surface area contributed by atoms with E-state index >= 15 is 0 Å². The number of anilines is 1. The number of hydrogen-bond acceptors (Lipinski definition) is 5. The van der Waals surface area contributed by atoms with E-state index in [-0.39, 0.29) is 10.8 Å². The molecule has 0 unspecified atom stereocenters. The molecular formula is C27H22ClNO4S2. The van der Waals surface area contributed by atoms with Crippen molar-refractivity contribution in [2.24, 2.45) is 0 Å². The van der Waals surface area contributed by atoms with E-state index in [2.05, 4.69) is 0 Å². The quantitative estimate of drug-likeness (QED) is 0.312. The number of rotatable bonds is 4. The largest absolute Gasteiger partial charge is 0.493 e. The zero-order valence-corrected chi connectivity index (χ0v) is 21.5. The number of halogens is 1. The van der Waals surface area contributed by atoms with Crippen LogP contribution in [0.5, 0.6) is 5.75 Å². The molecule has 0 atom stereocenters. The van der Waals surface area contributed by atoms with E-state index < -0.39 is 9.84 Å². The molecule has 0 saturated carbocycles. The van der Waals surface area contributed by atoms with Gasteiger partial charge in [-0.05, 0) is 59.2 Å². The van der Waals surface area contributed by atoms with E-state index in [9.17, 15) is 13.2 Å². The molecule has 0 N–H and O–H groups in total. The molecule has 178 valence electrons. The van der Waals surface area contributed by atoms with Gasteiger partial charge in [0.15, 0.2) is 9.84 Å². The summed E-state index contributed by atoms with van der Waals surface area (Å²) >= 11 is 7.74. The summed E-state index contributed by atoms with van der Waals surface area (Å²) in [5, 5.41) is 0.521. The first-order valence-electron chi connectivity index (χ1n) is 11.0. The van der Waals surface area contributed by atoms with Gasteiger partial charge < -0.3 is 9.64 Å². The minimum atomic E-state index is -3.31. The number of para-hydroxylation sites is 1. The van der Waals surface area contributed by atoms with E-state index in [4.69, 9.17) is 16.3 Å². The van der Waals surface area contributed by atoms with Crippen molar-refractivity contribution in [1.82, 2.24) is 0 Å². The number of thiophene rings is 1. The zero-order valence-electron chi connectivity index (χ0n) is 19.1. The fraction of sp³-hybridized carbons (Fsp3) is 0.148. The Hall–Kier alpha value is -3.13. The normalized spacial score (nSPS) is 12.8. The minimum absolute atomic E-state index is 0.118. The van der Waals surface area contributed by atoms with Crippen LogP contribution in [-0.2, 0) is 16.3 Å². The Morgan fingerprint density at radius 3 is 2.54 bits per heavy atom. The summed E-state index contributed by atoms with van der Waals surface area (Å²) in [5.41, 5.74) is 4.31. The lowest BCUT2D eigenvalue weighted by molar-refractivity contribution is 0.0996. The molecule has 1 aromatic heterocycles. The molecule has 1 aliphatic heterocycles. The van der Waals surface area contributed by atoms with Gasteiger partial charge in [0.25, 0.3) is 5.91 Å². The van der Waals surface area contributed by atoms with Crippen molar-refractivity contribution in [3.63, 3.8) is 0 Å². The molecule has 1 aliphatic rings. The average Bonchev–Trinajstić information content (AvgIpc) is 3.19. The van der Waals surface area contributed by atoms with Crippen LogP contribution >= 0.6 is 22.9 Å². The summed E-state index contributed by atoms with van der Waals surface area (Å²) in [6.07, 6.45) is 1.88. The van der Waals surface area contributed by atoms with Crippen LogP contribution in [0.15, 0.2) is 77.7 Å². The number of hydrogen-bond donors (Lipinski definition) is 0. The van der Waals surface area contributed by atoms with Crippen molar-refractivity contribution in [2.45, 2.75) is 11.3 Å². The van der Waals surface area contributed by atoms with Crippen LogP contribution in [0.3, 0.4) is 0 Å². The third-order valence-corrected chi connectivity index (χ3v) is 8.62. The molecule has 0 bridgehead atoms. The first-order chi connectivity index (χ1) is 16.7. The molecule has 4 aromatic rings. The highest BCUT2D eigenvalue weighted by atomic mass is 35.5. The SMILES string of the molecule is CN(C(=O)c1cc2c(s1)-c1ccc(-c3cccc(S(C)(=O)=O)c3)cc1OCC2)c1ccccc1Cl. The maximum absolute atomic E-state index is 13.3. The van der Waals surface area contributed by atoms with Gasteiger partial charge in [-0.3, -0.25) is 4.79 Å². The number of carbonyl (C=O) groups is 1. The third-order valence-electron chi connectivity index (χ3n) is 5.99. The average molecular weight is 524 g/mol. The smallest absolute Gasteiger partial charge is 0.268 e. The Kier molecular flexibility index (Phi) is 6.17. The number of ether oxygens (including phenoxy) is 1. The molecular weight excluding hydrogens is 502 g/mol. The van der Waals surface area contributed by atoms with Crippen molar-refractivity contribution >= 4 is 44.4 Å². The molecule has 3 aromatic carbocycles. The lowest BCUT2D eigenvalue weighted by Crippen LogP contribution is -2.25. The van der Waals surface area contributed by atoms with Gasteiger partial charge in [0.05, 0.1) is 27.1 Å². The van der Waals surface area contributed by atoms with Gasteiger partial charge in [-0.1, -0.05) is 41.9 Å². The van der Waals surface area contributed by atoms with Gasteiger partial charge >= 0.3 is 0 Å². The van der Waals surface area contributed by atoms with Gasteiger partial charge in [-0.25, -0.2) is 8.42 Å². The van der Waals surface area contributed by atoms with Crippen LogP contribution in [0.4, 0.5) is 5.69 Å². The highest BCUT2D eigenvalue weighted by Crippen LogP contribution is 2.43. The van der Waals surface area contributed by atoms with Gasteiger partial charge in [0.1, 0.15) is 5.75 Å². The molecule has 0 radical (unpaired) electrons. The summed E-state index contributed by atoms with van der Waals surface area (Å²) in [4.78, 5) is 16.7. The Morgan fingerprint density at radius 1 is 1.00 bits per heavy atom. The molecule has 0 saturated heterocycles. The van der Waals surface area contributed by atoms with Crippen LogP contribution < -0.4 is 9.64 Å². The number of benzene rings is 3.